The Kier molecular flexibility index (Phi) is 3.96. The Morgan fingerprint density at radius 1 is 1.10 bits per heavy atom. The van der Waals surface area contributed by atoms with Crippen molar-refractivity contribution in [3.8, 4) is 0 Å². The number of rotatable bonds is 4. The van der Waals surface area contributed by atoms with Crippen LogP contribution in [0, 0.1) is 17.8 Å². The third kappa shape index (κ3) is 2.55. The molecule has 20 heavy (non-hydrogen) atoms. The number of aliphatic carboxylic acids is 1. The summed E-state index contributed by atoms with van der Waals surface area (Å²) in [6, 6.07) is -0.00000874. The quantitative estimate of drug-likeness (QED) is 0.809. The number of nitrogens with one attached hydrogen (secondary N) is 1. The Bertz CT molecular complexity index is 393. The molecule has 0 spiro atoms. The standard InChI is InChI=1S/C15H24N2O3/c18-12(17-6-2-1-3-7-17)9-16-14-11-5-4-10(8-11)13(14)15(19)20/h10-11,13-14,16H,1-9H2,(H,19,20). The van der Waals surface area contributed by atoms with Crippen LogP contribution in [0.1, 0.15) is 38.5 Å². The Labute approximate surface area is 119 Å². The number of hydrogen-bond donors (Lipinski definition) is 2. The molecule has 1 saturated heterocycles. The van der Waals surface area contributed by atoms with Crippen molar-refractivity contribution in [1.82, 2.24) is 10.2 Å². The summed E-state index contributed by atoms with van der Waals surface area (Å²) in [7, 11) is 0. The van der Waals surface area contributed by atoms with Crippen LogP contribution in [-0.2, 0) is 9.59 Å². The van der Waals surface area contributed by atoms with E-state index in [9.17, 15) is 14.7 Å². The molecule has 0 aromatic carbocycles. The summed E-state index contributed by atoms with van der Waals surface area (Å²) in [6.07, 6.45) is 6.58. The van der Waals surface area contributed by atoms with E-state index in [0.29, 0.717) is 18.4 Å². The van der Waals surface area contributed by atoms with E-state index in [1.165, 1.54) is 6.42 Å². The van der Waals surface area contributed by atoms with Gasteiger partial charge in [0.2, 0.25) is 5.91 Å². The average molecular weight is 280 g/mol. The SMILES string of the molecule is O=C(O)C1C2CCC(C2)C1NCC(=O)N1CCCCC1. The number of carbonyl (C=O) groups is 2. The molecule has 5 nitrogen and oxygen atoms in total. The van der Waals surface area contributed by atoms with E-state index in [1.54, 1.807) is 0 Å². The lowest BCUT2D eigenvalue weighted by Crippen LogP contribution is -2.49. The van der Waals surface area contributed by atoms with Gasteiger partial charge in [-0.15, -0.1) is 0 Å². The molecule has 2 saturated carbocycles. The second kappa shape index (κ2) is 5.72. The molecule has 0 radical (unpaired) electrons. The molecule has 3 fully saturated rings. The van der Waals surface area contributed by atoms with Gasteiger partial charge in [-0.3, -0.25) is 9.59 Å². The number of nitrogens with zero attached hydrogens (tertiary/aromatic N) is 1. The van der Waals surface area contributed by atoms with Crippen molar-refractivity contribution in [2.75, 3.05) is 19.6 Å². The number of carbonyl (C=O) groups excluding carboxylic acids is 1. The second-order valence-electron chi connectivity index (χ2n) is 6.55. The van der Waals surface area contributed by atoms with Crippen LogP contribution in [0.3, 0.4) is 0 Å². The maximum atomic E-state index is 12.2. The molecule has 112 valence electrons. The van der Waals surface area contributed by atoms with Gasteiger partial charge >= 0.3 is 5.97 Å². The maximum absolute atomic E-state index is 12.2. The lowest BCUT2D eigenvalue weighted by atomic mass is 9.84. The van der Waals surface area contributed by atoms with Crippen LogP contribution in [0.2, 0.25) is 0 Å². The fourth-order valence-corrected chi connectivity index (χ4v) is 4.40. The molecule has 1 aliphatic heterocycles. The molecular weight excluding hydrogens is 256 g/mol. The predicted octanol–water partition coefficient (Wildman–Crippen LogP) is 1.09. The van der Waals surface area contributed by atoms with Gasteiger partial charge in [0.05, 0.1) is 12.5 Å². The van der Waals surface area contributed by atoms with Crippen molar-refractivity contribution in [3.63, 3.8) is 0 Å². The van der Waals surface area contributed by atoms with Gasteiger partial charge in [-0.25, -0.2) is 0 Å². The monoisotopic (exact) mass is 280 g/mol. The minimum absolute atomic E-state index is 0.00000874. The molecule has 2 N–H and O–H groups in total. The maximum Gasteiger partial charge on any atom is 0.308 e. The zero-order valence-corrected chi connectivity index (χ0v) is 11.9. The zero-order valence-electron chi connectivity index (χ0n) is 11.9. The molecule has 0 aromatic rings. The topological polar surface area (TPSA) is 69.6 Å². The Balaban J connectivity index is 1.54. The fraction of sp³-hybridized carbons (Fsp3) is 0.867. The molecule has 0 aromatic heterocycles. The van der Waals surface area contributed by atoms with E-state index in [1.807, 2.05) is 4.90 Å². The summed E-state index contributed by atoms with van der Waals surface area (Å²) in [4.78, 5) is 25.5. The smallest absolute Gasteiger partial charge is 0.308 e. The van der Waals surface area contributed by atoms with Crippen molar-refractivity contribution >= 4 is 11.9 Å². The number of piperidine rings is 1. The first-order chi connectivity index (χ1) is 9.66. The second-order valence-corrected chi connectivity index (χ2v) is 6.55. The van der Waals surface area contributed by atoms with Crippen molar-refractivity contribution in [2.45, 2.75) is 44.6 Å². The molecule has 3 aliphatic rings. The van der Waals surface area contributed by atoms with Crippen molar-refractivity contribution in [2.24, 2.45) is 17.8 Å². The van der Waals surface area contributed by atoms with Crippen LogP contribution in [0.5, 0.6) is 0 Å². The highest BCUT2D eigenvalue weighted by Gasteiger charge is 2.50. The minimum atomic E-state index is -0.694. The van der Waals surface area contributed by atoms with E-state index in [2.05, 4.69) is 5.32 Å². The summed E-state index contributed by atoms with van der Waals surface area (Å²) in [5.74, 6) is -0.0741. The van der Waals surface area contributed by atoms with Gasteiger partial charge in [0.15, 0.2) is 0 Å². The van der Waals surface area contributed by atoms with Crippen molar-refractivity contribution < 1.29 is 14.7 Å². The first kappa shape index (κ1) is 13.9. The molecule has 2 bridgehead atoms. The summed E-state index contributed by atoms with van der Waals surface area (Å²) in [5.41, 5.74) is 0. The van der Waals surface area contributed by atoms with E-state index >= 15 is 0 Å². The normalized spacial score (nSPS) is 36.3. The lowest BCUT2D eigenvalue weighted by molar-refractivity contribution is -0.145. The van der Waals surface area contributed by atoms with Gasteiger partial charge in [-0.1, -0.05) is 0 Å². The van der Waals surface area contributed by atoms with Crippen molar-refractivity contribution in [3.05, 3.63) is 0 Å². The molecular formula is C15H24N2O3. The Hall–Kier alpha value is -1.10. The van der Waals surface area contributed by atoms with Gasteiger partial charge < -0.3 is 15.3 Å². The minimum Gasteiger partial charge on any atom is -0.481 e. The highest BCUT2D eigenvalue weighted by atomic mass is 16.4. The third-order valence-corrected chi connectivity index (χ3v) is 5.40. The molecule has 1 amide bonds. The lowest BCUT2D eigenvalue weighted by Gasteiger charge is -2.31. The number of likely N-dealkylation sites (tertiary alicyclic amines) is 1. The summed E-state index contributed by atoms with van der Waals surface area (Å²) in [5, 5.41) is 12.7. The predicted molar refractivity (Wildman–Crippen MR) is 74.2 cm³/mol. The van der Waals surface area contributed by atoms with E-state index in [4.69, 9.17) is 0 Å². The van der Waals surface area contributed by atoms with E-state index in [0.717, 1.165) is 45.2 Å². The fourth-order valence-electron chi connectivity index (χ4n) is 4.40. The summed E-state index contributed by atoms with van der Waals surface area (Å²) < 4.78 is 0. The van der Waals surface area contributed by atoms with Gasteiger partial charge in [0.1, 0.15) is 0 Å². The zero-order chi connectivity index (χ0) is 14.1. The van der Waals surface area contributed by atoms with Crippen LogP contribution in [0.4, 0.5) is 0 Å². The van der Waals surface area contributed by atoms with Gasteiger partial charge in [0.25, 0.3) is 0 Å². The van der Waals surface area contributed by atoms with E-state index < -0.39 is 5.97 Å². The van der Waals surface area contributed by atoms with Crippen LogP contribution in [0.15, 0.2) is 0 Å². The first-order valence-corrected chi connectivity index (χ1v) is 7.91. The van der Waals surface area contributed by atoms with Crippen molar-refractivity contribution in [1.29, 1.82) is 0 Å². The largest absolute Gasteiger partial charge is 0.481 e. The highest BCUT2D eigenvalue weighted by Crippen LogP contribution is 2.48. The Morgan fingerprint density at radius 3 is 2.50 bits per heavy atom. The summed E-state index contributed by atoms with van der Waals surface area (Å²) in [6.45, 7) is 2.02. The highest BCUT2D eigenvalue weighted by molar-refractivity contribution is 5.78. The molecule has 5 heteroatoms. The van der Waals surface area contributed by atoms with Crippen LogP contribution >= 0.6 is 0 Å². The van der Waals surface area contributed by atoms with Gasteiger partial charge in [-0.2, -0.15) is 0 Å². The number of amides is 1. The molecule has 4 unspecified atom stereocenters. The number of carboxylic acid groups (broad SMARTS) is 1. The number of carboxylic acids is 1. The average Bonchev–Trinajstić information content (AvgIpc) is 3.06. The van der Waals surface area contributed by atoms with Gasteiger partial charge in [-0.05, 0) is 50.4 Å². The van der Waals surface area contributed by atoms with Crippen LogP contribution in [0.25, 0.3) is 0 Å². The Morgan fingerprint density at radius 2 is 1.80 bits per heavy atom. The van der Waals surface area contributed by atoms with Gasteiger partial charge in [0, 0.05) is 19.1 Å². The third-order valence-electron chi connectivity index (χ3n) is 5.40. The van der Waals surface area contributed by atoms with Crippen LogP contribution < -0.4 is 5.32 Å². The number of hydrogen-bond acceptors (Lipinski definition) is 3. The number of fused-ring (bicyclic) bond motifs is 2. The molecule has 2 aliphatic carbocycles. The van der Waals surface area contributed by atoms with E-state index in [-0.39, 0.29) is 17.9 Å². The summed E-state index contributed by atoms with van der Waals surface area (Å²) >= 11 is 0. The van der Waals surface area contributed by atoms with Crippen LogP contribution in [-0.4, -0.2) is 47.6 Å². The molecule has 1 heterocycles. The first-order valence-electron chi connectivity index (χ1n) is 7.91. The molecule has 4 atom stereocenters. The molecule has 3 rings (SSSR count).